The monoisotopic (exact) mass is 1520 g/mol. The molecule has 7 aromatic rings. The van der Waals surface area contributed by atoms with Crippen LogP contribution < -0.4 is 56.3 Å². The molecule has 0 aromatic heterocycles. The average Bonchev–Trinajstić information content (AvgIpc) is 3.66. The van der Waals surface area contributed by atoms with Gasteiger partial charge in [0.2, 0.25) is 0 Å². The second-order valence-electron chi connectivity index (χ2n) is 27.7. The first-order chi connectivity index (χ1) is 38.3. The normalized spacial score (nSPS) is 15.2. The Morgan fingerprint density at radius 1 is 0.393 bits per heavy atom. The Bertz CT molecular complexity index is 3650. The molecule has 0 heterocycles. The van der Waals surface area contributed by atoms with Gasteiger partial charge < -0.3 is 49.6 Å². The van der Waals surface area contributed by atoms with Crippen molar-refractivity contribution in [3.8, 4) is 22.3 Å². The molecule has 1 saturated carbocycles. The fourth-order valence-electron chi connectivity index (χ4n) is 13.7. The van der Waals surface area contributed by atoms with Gasteiger partial charge in [0.05, 0.1) is 0 Å². The van der Waals surface area contributed by atoms with Gasteiger partial charge in [0.25, 0.3) is 0 Å². The van der Waals surface area contributed by atoms with Gasteiger partial charge in [-0.15, -0.1) is 0 Å². The predicted octanol–water partition coefficient (Wildman–Crippen LogP) is 6.97. The number of hydrogen-bond acceptors (Lipinski definition) is 0. The van der Waals surface area contributed by atoms with Gasteiger partial charge in [0.1, 0.15) is 0 Å². The molecule has 0 bridgehead atoms. The zero-order chi connectivity index (χ0) is 56.1. The third kappa shape index (κ3) is 14.0. The standard InChI is InChI=1S/2C21H25.C13H16.C13H10.2C5H5.4ClH.2Hf/c2*1-20(2,3)16-7-9-18-14(12-16)11-15-13-17(21(4,5)6)8-10-19(15)18;2*1-3-7-12(8-4-1)11-13-9-5-2-6-10-13;2*1-2-4-5-3-1;;;;;;/h2*7-10,12H,11H2,1-6H3;1,3-4,7-8,13H,2,5-6,9-10H2;1-10H;2*1-3H,4H2;4*1H;;/p-4. The zero-order valence-electron chi connectivity index (χ0n) is 51.9. The van der Waals surface area contributed by atoms with Crippen LogP contribution in [0.25, 0.3) is 22.3 Å². The number of rotatable bonds is 8. The molecule has 0 atom stereocenters. The minimum absolute atomic E-state index is 0. The molecule has 0 unspecified atom stereocenters. The zero-order valence-corrected chi connectivity index (χ0v) is 62.1. The smallest absolute Gasteiger partial charge is 1.00 e. The van der Waals surface area contributed by atoms with E-state index < -0.39 is 41.9 Å². The first-order valence-electron chi connectivity index (χ1n) is 30.2. The van der Waals surface area contributed by atoms with Crippen molar-refractivity contribution < 1.29 is 91.5 Å². The molecular weight excluding hydrogens is 1440 g/mol. The van der Waals surface area contributed by atoms with Gasteiger partial charge in [-0.3, -0.25) is 0 Å². The van der Waals surface area contributed by atoms with Crippen LogP contribution in [0.1, 0.15) is 189 Å². The third-order valence-electron chi connectivity index (χ3n) is 17.9. The molecule has 438 valence electrons. The largest absolute Gasteiger partial charge is 1.00 e. The van der Waals surface area contributed by atoms with Crippen LogP contribution in [0.3, 0.4) is 0 Å². The van der Waals surface area contributed by atoms with Crippen molar-refractivity contribution in [1.29, 1.82) is 0 Å². The Morgan fingerprint density at radius 2 is 0.774 bits per heavy atom. The Hall–Kier alpha value is -3.86. The second kappa shape index (κ2) is 27.7. The molecule has 0 aliphatic heterocycles. The van der Waals surface area contributed by atoms with Gasteiger partial charge >= 0.3 is 502 Å². The topological polar surface area (TPSA) is 0 Å². The van der Waals surface area contributed by atoms with E-state index >= 15 is 0 Å². The van der Waals surface area contributed by atoms with Crippen LogP contribution in [-0.2, 0) is 76.4 Å². The molecule has 0 nitrogen and oxygen atoms in total. The maximum atomic E-state index is 2.54. The summed E-state index contributed by atoms with van der Waals surface area (Å²) >= 11 is -5.72. The summed E-state index contributed by atoms with van der Waals surface area (Å²) in [4.78, 5) is 0. The van der Waals surface area contributed by atoms with E-state index in [-0.39, 0.29) is 71.3 Å². The maximum Gasteiger partial charge on any atom is -1.00 e. The van der Waals surface area contributed by atoms with Crippen LogP contribution in [0.15, 0.2) is 195 Å². The van der Waals surface area contributed by atoms with Gasteiger partial charge in [-0.25, -0.2) is 0 Å². The van der Waals surface area contributed by atoms with Crippen LogP contribution in [0.4, 0.5) is 0 Å². The van der Waals surface area contributed by atoms with E-state index in [1.54, 1.807) is 41.1 Å². The molecule has 7 aromatic carbocycles. The fourth-order valence-corrected chi connectivity index (χ4v) is 40.9. The maximum absolute atomic E-state index is 2.94. The first kappa shape index (κ1) is 67.6. The van der Waals surface area contributed by atoms with E-state index in [1.807, 2.05) is 6.58 Å². The van der Waals surface area contributed by atoms with Gasteiger partial charge in [0.15, 0.2) is 0 Å². The van der Waals surface area contributed by atoms with Crippen molar-refractivity contribution in [2.45, 2.75) is 163 Å². The Kier molecular flexibility index (Phi) is 22.3. The van der Waals surface area contributed by atoms with Crippen LogP contribution in [-0.4, -0.2) is 6.51 Å². The first-order valence-corrected chi connectivity index (χ1v) is 41.0. The molecule has 0 saturated heterocycles. The average molecular weight is 1520 g/mol. The van der Waals surface area contributed by atoms with Crippen LogP contribution >= 0.6 is 0 Å². The Balaban J connectivity index is 0.000000230. The van der Waals surface area contributed by atoms with Gasteiger partial charge in [-0.2, -0.15) is 0 Å². The molecule has 0 spiro atoms. The molecule has 5 aliphatic carbocycles. The second-order valence-corrected chi connectivity index (χ2v) is 45.1. The molecule has 5 aliphatic rings. The van der Waals surface area contributed by atoms with Crippen molar-refractivity contribution in [1.82, 2.24) is 0 Å². The van der Waals surface area contributed by atoms with E-state index in [0.717, 1.165) is 31.6 Å². The summed E-state index contributed by atoms with van der Waals surface area (Å²) in [6, 6.07) is 58.8. The predicted molar refractivity (Wildman–Crippen MR) is 340 cm³/mol. The number of fused-ring (bicyclic) bond motifs is 6. The Morgan fingerprint density at radius 3 is 1.15 bits per heavy atom. The van der Waals surface area contributed by atoms with Crippen molar-refractivity contribution in [3.63, 3.8) is 0 Å². The quantitative estimate of drug-likeness (QED) is 0.145. The summed E-state index contributed by atoms with van der Waals surface area (Å²) in [5.74, 6) is 0.736. The van der Waals surface area contributed by atoms with Crippen molar-refractivity contribution in [3.05, 3.63) is 256 Å². The molecule has 0 N–H and O–H groups in total. The summed E-state index contributed by atoms with van der Waals surface area (Å²) in [5.41, 5.74) is 23.1. The summed E-state index contributed by atoms with van der Waals surface area (Å²) < 4.78 is 10.5. The number of allylic oxidation sites excluding steroid dienone is 8. The molecular formula is C78H86Cl4Hf2-4. The molecule has 1 fully saturated rings. The van der Waals surface area contributed by atoms with E-state index in [4.69, 9.17) is 0 Å². The van der Waals surface area contributed by atoms with Gasteiger partial charge in [-0.05, 0) is 0 Å². The minimum Gasteiger partial charge on any atom is -1.00 e. The van der Waals surface area contributed by atoms with Gasteiger partial charge in [-0.1, -0.05) is 0 Å². The Labute approximate surface area is 545 Å². The summed E-state index contributed by atoms with van der Waals surface area (Å²) in [6.07, 6.45) is 25.8. The summed E-state index contributed by atoms with van der Waals surface area (Å²) in [6.45, 7) is 28.6. The van der Waals surface area contributed by atoms with Crippen LogP contribution in [0.5, 0.6) is 0 Å². The minimum atomic E-state index is -2.94. The van der Waals surface area contributed by atoms with Crippen molar-refractivity contribution in [2.75, 3.05) is 0 Å². The number of halogens is 4. The molecule has 0 amide bonds. The number of hydrogen-bond donors (Lipinski definition) is 0. The van der Waals surface area contributed by atoms with E-state index in [0.29, 0.717) is 0 Å². The molecule has 12 rings (SSSR count). The van der Waals surface area contributed by atoms with Crippen molar-refractivity contribution >= 4 is 13.2 Å². The van der Waals surface area contributed by atoms with Crippen LogP contribution in [0, 0.1) is 5.92 Å². The molecule has 6 heteroatoms. The molecule has 84 heavy (non-hydrogen) atoms. The van der Waals surface area contributed by atoms with Crippen LogP contribution in [0.2, 0.25) is 0 Å². The van der Waals surface area contributed by atoms with Gasteiger partial charge in [0, 0.05) is 0 Å². The fraction of sp³-hybridized carbons (Fsp3) is 0.333. The summed E-state index contributed by atoms with van der Waals surface area (Å²) in [7, 11) is 0. The molecule has 0 radical (unpaired) electrons. The SMILES string of the molecule is CC(C)(C)c1ccc2c(c1)Cc1c-2ccc(C(C)(C)C)[c]1/[Hf]([C]1=CC=CC1)=[C](\c1ccccc1)C1CCCCC1.CC(C)(C)c1ccc2c(c1)Cc1c-2ccc(C(C)(C)C)[c]1[Hf]([C]1=CC=CC1)=[C](c1ccccc1)c1ccccc1.[Cl-].[Cl-].[Cl-].[Cl-]. The van der Waals surface area contributed by atoms with E-state index in [9.17, 15) is 0 Å². The number of benzene rings is 7. The summed E-state index contributed by atoms with van der Waals surface area (Å²) in [5, 5.41) is 0. The van der Waals surface area contributed by atoms with E-state index in [1.165, 1.54) is 87.7 Å². The van der Waals surface area contributed by atoms with E-state index in [2.05, 4.69) is 271 Å². The van der Waals surface area contributed by atoms with Crippen molar-refractivity contribution in [2.24, 2.45) is 5.92 Å². The third-order valence-corrected chi connectivity index (χ3v) is 41.2.